The highest BCUT2D eigenvalue weighted by molar-refractivity contribution is 7.51. The lowest BCUT2D eigenvalue weighted by molar-refractivity contribution is 0.370. The Labute approximate surface area is 231 Å². The molecule has 5 heteroatoms. The van der Waals surface area contributed by atoms with Crippen molar-refractivity contribution in [2.24, 2.45) is 0 Å². The zero-order valence-electron chi connectivity index (χ0n) is 24.0. The van der Waals surface area contributed by atoms with E-state index in [0.29, 0.717) is 6.42 Å². The number of hydrogen-bond acceptors (Lipinski definition) is 1. The second-order valence-corrected chi connectivity index (χ2v) is 13.5. The fourth-order valence-corrected chi connectivity index (χ4v) is 6.01. The Bertz CT molecular complexity index is 455. The number of hydrogen-bond donors (Lipinski definition) is 2. The highest BCUT2D eigenvalue weighted by Gasteiger charge is 2.10. The molecule has 3 nitrogen and oxygen atoms in total. The van der Waals surface area contributed by atoms with Gasteiger partial charge in [0.2, 0.25) is 0 Å². The monoisotopic (exact) mass is 550 g/mol. The van der Waals surface area contributed by atoms with Crippen LogP contribution in [0.15, 0.2) is 0 Å². The summed E-state index contributed by atoms with van der Waals surface area (Å²) in [7, 11) is -3.77. The highest BCUT2D eigenvalue weighted by Crippen LogP contribution is 2.35. The van der Waals surface area contributed by atoms with E-state index in [0.717, 1.165) is 18.7 Å². The Morgan fingerprint density at radius 2 is 0.500 bits per heavy atom. The van der Waals surface area contributed by atoms with Gasteiger partial charge in [-0.25, -0.2) is 0 Å². The van der Waals surface area contributed by atoms with Crippen LogP contribution in [-0.4, -0.2) is 21.8 Å². The van der Waals surface area contributed by atoms with Gasteiger partial charge >= 0.3 is 7.60 Å². The van der Waals surface area contributed by atoms with Crippen molar-refractivity contribution in [1.29, 1.82) is 0 Å². The highest BCUT2D eigenvalue weighted by atomic mass is 35.5. The molecule has 0 spiro atoms. The van der Waals surface area contributed by atoms with E-state index >= 15 is 0 Å². The first kappa shape index (κ1) is 36.4. The van der Waals surface area contributed by atoms with Crippen LogP contribution in [0.5, 0.6) is 0 Å². The first-order valence-electron chi connectivity index (χ1n) is 16.2. The molecule has 36 heavy (non-hydrogen) atoms. The van der Waals surface area contributed by atoms with Crippen LogP contribution in [-0.2, 0) is 4.57 Å². The summed E-state index contributed by atoms with van der Waals surface area (Å²) < 4.78 is 10.8. The zero-order chi connectivity index (χ0) is 26.4. The second-order valence-electron chi connectivity index (χ2n) is 11.3. The van der Waals surface area contributed by atoms with Crippen molar-refractivity contribution in [2.45, 2.75) is 186 Å². The lowest BCUT2D eigenvalue weighted by Gasteiger charge is -2.05. The molecule has 0 aromatic carbocycles. The molecule has 0 aromatic rings. The summed E-state index contributed by atoms with van der Waals surface area (Å²) in [5, 5.41) is 0. The van der Waals surface area contributed by atoms with E-state index in [-0.39, 0.29) is 6.16 Å². The fourth-order valence-electron chi connectivity index (χ4n) is 5.19. The molecule has 0 aliphatic heterocycles. The molecule has 2 N–H and O–H groups in total. The molecule has 0 rings (SSSR count). The number of unbranched alkanes of at least 4 members (excludes halogenated alkanes) is 28. The second kappa shape index (κ2) is 30.0. The van der Waals surface area contributed by atoms with Crippen molar-refractivity contribution in [3.05, 3.63) is 0 Å². The van der Waals surface area contributed by atoms with Gasteiger partial charge in [-0.05, 0) is 12.8 Å². The normalized spacial score (nSPS) is 12.0. The maximum atomic E-state index is 10.8. The third kappa shape index (κ3) is 34.4. The van der Waals surface area contributed by atoms with Crippen molar-refractivity contribution in [3.8, 4) is 0 Å². The summed E-state index contributed by atoms with van der Waals surface area (Å²) in [4.78, 5) is 17.7. The van der Waals surface area contributed by atoms with Crippen molar-refractivity contribution in [2.75, 3.05) is 12.0 Å². The van der Waals surface area contributed by atoms with E-state index in [1.54, 1.807) is 0 Å². The van der Waals surface area contributed by atoms with Crippen molar-refractivity contribution in [3.63, 3.8) is 0 Å². The summed E-state index contributed by atoms with van der Waals surface area (Å²) in [5.41, 5.74) is 0. The maximum Gasteiger partial charge on any atom is 0.325 e. The minimum atomic E-state index is -3.77. The summed E-state index contributed by atoms with van der Waals surface area (Å²) in [6.45, 7) is 0. The lowest BCUT2D eigenvalue weighted by Crippen LogP contribution is -1.88. The lowest BCUT2D eigenvalue weighted by atomic mass is 10.0. The van der Waals surface area contributed by atoms with Gasteiger partial charge in [-0.2, -0.15) is 0 Å². The molecular weight excluding hydrogens is 487 g/mol. The van der Waals surface area contributed by atoms with Gasteiger partial charge in [-0.3, -0.25) is 4.57 Å². The Kier molecular flexibility index (Phi) is 30.4. The Hall–Kier alpha value is 0.440. The van der Waals surface area contributed by atoms with E-state index in [9.17, 15) is 4.57 Å². The van der Waals surface area contributed by atoms with E-state index in [1.165, 1.54) is 167 Å². The molecule has 0 radical (unpaired) electrons. The first-order chi connectivity index (χ1) is 17.6. The van der Waals surface area contributed by atoms with Crippen LogP contribution in [0.3, 0.4) is 0 Å². The van der Waals surface area contributed by atoms with Gasteiger partial charge in [0, 0.05) is 12.0 Å². The van der Waals surface area contributed by atoms with Gasteiger partial charge in [0.15, 0.2) is 0 Å². The molecule has 0 saturated heterocycles. The number of halogens is 1. The average molecular weight is 551 g/mol. The summed E-state index contributed by atoms with van der Waals surface area (Å²) in [6, 6.07) is 0. The predicted molar refractivity (Wildman–Crippen MR) is 162 cm³/mol. The van der Waals surface area contributed by atoms with Crippen LogP contribution in [0.25, 0.3) is 0 Å². The van der Waals surface area contributed by atoms with Crippen molar-refractivity contribution >= 4 is 19.2 Å². The molecule has 0 bridgehead atoms. The van der Waals surface area contributed by atoms with Crippen LogP contribution in [0, 0.1) is 0 Å². The third-order valence-electron chi connectivity index (χ3n) is 7.58. The predicted octanol–water partition coefficient (Wildman–Crippen LogP) is 11.7. The topological polar surface area (TPSA) is 57.5 Å². The smallest absolute Gasteiger partial charge is 0.324 e. The van der Waals surface area contributed by atoms with Gasteiger partial charge in [0.05, 0.1) is 0 Å². The van der Waals surface area contributed by atoms with E-state index in [2.05, 4.69) is 0 Å². The Morgan fingerprint density at radius 3 is 0.667 bits per heavy atom. The van der Waals surface area contributed by atoms with Crippen LogP contribution >= 0.6 is 19.2 Å². The molecule has 218 valence electrons. The van der Waals surface area contributed by atoms with E-state index in [4.69, 9.17) is 21.4 Å². The Balaban J connectivity index is 3.04. The van der Waals surface area contributed by atoms with Gasteiger partial charge in [0.25, 0.3) is 0 Å². The molecule has 0 aliphatic carbocycles. The van der Waals surface area contributed by atoms with E-state index < -0.39 is 7.60 Å². The standard InChI is InChI=1S/C31H64ClO3P/c32-30-28-26-24-22-20-18-16-14-12-10-8-6-4-2-1-3-5-7-9-11-13-15-17-19-21-23-25-27-29-31-36(33,34)35/h1-31H2,(H2,33,34,35). The van der Waals surface area contributed by atoms with Crippen LogP contribution in [0.1, 0.15) is 186 Å². The first-order valence-corrected chi connectivity index (χ1v) is 18.5. The van der Waals surface area contributed by atoms with E-state index in [1.807, 2.05) is 0 Å². The molecular formula is C31H64ClO3P. The molecule has 0 saturated carbocycles. The number of alkyl halides is 1. The van der Waals surface area contributed by atoms with Gasteiger partial charge in [-0.15, -0.1) is 11.6 Å². The average Bonchev–Trinajstić information content (AvgIpc) is 2.84. The molecule has 0 aliphatic rings. The number of rotatable bonds is 31. The third-order valence-corrected chi connectivity index (χ3v) is 8.75. The molecule has 0 atom stereocenters. The van der Waals surface area contributed by atoms with Crippen LogP contribution in [0.2, 0.25) is 0 Å². The summed E-state index contributed by atoms with van der Waals surface area (Å²) >= 11 is 5.71. The van der Waals surface area contributed by atoms with Gasteiger partial charge < -0.3 is 9.79 Å². The SMILES string of the molecule is O=P(O)(O)CCCCCCCCCCCCCCCCCCCCCCCCCCCCCCCCl. The quantitative estimate of drug-likeness (QED) is 0.0512. The van der Waals surface area contributed by atoms with Crippen molar-refractivity contribution < 1.29 is 14.4 Å². The summed E-state index contributed by atoms with van der Waals surface area (Å²) in [6.07, 6.45) is 39.2. The van der Waals surface area contributed by atoms with Crippen LogP contribution in [0.4, 0.5) is 0 Å². The Morgan fingerprint density at radius 1 is 0.333 bits per heavy atom. The van der Waals surface area contributed by atoms with Crippen LogP contribution < -0.4 is 0 Å². The van der Waals surface area contributed by atoms with Crippen molar-refractivity contribution in [1.82, 2.24) is 0 Å². The molecule has 0 aromatic heterocycles. The molecule has 0 amide bonds. The maximum absolute atomic E-state index is 10.8. The summed E-state index contributed by atoms with van der Waals surface area (Å²) in [5.74, 6) is 0.835. The minimum Gasteiger partial charge on any atom is -0.324 e. The molecule has 0 unspecified atom stereocenters. The molecule has 0 fully saturated rings. The zero-order valence-corrected chi connectivity index (χ0v) is 25.7. The fraction of sp³-hybridized carbons (Fsp3) is 1.00. The minimum absolute atomic E-state index is 0.0600. The largest absolute Gasteiger partial charge is 0.325 e. The van der Waals surface area contributed by atoms with Gasteiger partial charge in [-0.1, -0.05) is 173 Å². The van der Waals surface area contributed by atoms with Gasteiger partial charge in [0.1, 0.15) is 0 Å². The molecule has 0 heterocycles.